The third-order valence-corrected chi connectivity index (χ3v) is 4.30. The van der Waals surface area contributed by atoms with Crippen LogP contribution >= 0.6 is 0 Å². The van der Waals surface area contributed by atoms with Crippen LogP contribution in [0.5, 0.6) is 0 Å². The minimum absolute atomic E-state index is 0.143. The SMILES string of the molecule is CC(NC(=O)c1ccccc1NC(=O)C=Cc1ccccc1)c1ccccc1. The van der Waals surface area contributed by atoms with Gasteiger partial charge >= 0.3 is 0 Å². The minimum atomic E-state index is -0.291. The summed E-state index contributed by atoms with van der Waals surface area (Å²) in [6.45, 7) is 1.93. The number of nitrogens with one attached hydrogen (secondary N) is 2. The number of amides is 2. The Morgan fingerprint density at radius 3 is 2.14 bits per heavy atom. The molecule has 0 aliphatic heterocycles. The molecule has 1 atom stereocenters. The fraction of sp³-hybridized carbons (Fsp3) is 0.0833. The van der Waals surface area contributed by atoms with Crippen LogP contribution < -0.4 is 10.6 Å². The van der Waals surface area contributed by atoms with E-state index in [1.807, 2.05) is 67.6 Å². The van der Waals surface area contributed by atoms with E-state index in [2.05, 4.69) is 10.6 Å². The molecule has 0 bridgehead atoms. The molecule has 0 heterocycles. The van der Waals surface area contributed by atoms with Crippen LogP contribution in [0, 0.1) is 0 Å². The topological polar surface area (TPSA) is 58.2 Å². The normalized spacial score (nSPS) is 11.8. The molecule has 0 aromatic heterocycles. The second-order valence-electron chi connectivity index (χ2n) is 6.38. The Kier molecular flexibility index (Phi) is 6.37. The summed E-state index contributed by atoms with van der Waals surface area (Å²) in [6.07, 6.45) is 3.19. The Morgan fingerprint density at radius 2 is 1.43 bits per heavy atom. The lowest BCUT2D eigenvalue weighted by atomic mass is 10.1. The summed E-state index contributed by atoms with van der Waals surface area (Å²) in [5.74, 6) is -0.528. The van der Waals surface area contributed by atoms with Gasteiger partial charge in [0.25, 0.3) is 5.91 Å². The molecule has 3 rings (SSSR count). The van der Waals surface area contributed by atoms with E-state index in [1.54, 1.807) is 30.3 Å². The van der Waals surface area contributed by atoms with Gasteiger partial charge < -0.3 is 10.6 Å². The molecule has 140 valence electrons. The lowest BCUT2D eigenvalue weighted by Crippen LogP contribution is -2.27. The average Bonchev–Trinajstić information content (AvgIpc) is 2.74. The highest BCUT2D eigenvalue weighted by Crippen LogP contribution is 2.18. The first-order valence-electron chi connectivity index (χ1n) is 9.12. The van der Waals surface area contributed by atoms with Crippen molar-refractivity contribution < 1.29 is 9.59 Å². The van der Waals surface area contributed by atoms with Crippen molar-refractivity contribution in [2.45, 2.75) is 13.0 Å². The summed E-state index contributed by atoms with van der Waals surface area (Å²) >= 11 is 0. The van der Waals surface area contributed by atoms with Crippen LogP contribution in [0.4, 0.5) is 5.69 Å². The maximum Gasteiger partial charge on any atom is 0.253 e. The maximum atomic E-state index is 12.7. The average molecular weight is 370 g/mol. The van der Waals surface area contributed by atoms with Gasteiger partial charge in [-0.2, -0.15) is 0 Å². The zero-order chi connectivity index (χ0) is 19.8. The summed E-state index contributed by atoms with van der Waals surface area (Å²) in [6, 6.07) is 26.1. The van der Waals surface area contributed by atoms with Gasteiger partial charge in [-0.15, -0.1) is 0 Å². The third kappa shape index (κ3) is 5.17. The van der Waals surface area contributed by atoms with Gasteiger partial charge in [0.2, 0.25) is 5.91 Å². The molecule has 0 spiro atoms. The molecule has 2 N–H and O–H groups in total. The highest BCUT2D eigenvalue weighted by Gasteiger charge is 2.15. The molecular formula is C24H22N2O2. The Balaban J connectivity index is 1.69. The number of carbonyl (C=O) groups is 2. The fourth-order valence-electron chi connectivity index (χ4n) is 2.80. The number of hydrogen-bond donors (Lipinski definition) is 2. The summed E-state index contributed by atoms with van der Waals surface area (Å²) in [5, 5.41) is 5.76. The van der Waals surface area contributed by atoms with Gasteiger partial charge in [0.1, 0.15) is 0 Å². The van der Waals surface area contributed by atoms with Gasteiger partial charge in [-0.1, -0.05) is 72.8 Å². The Hall–Kier alpha value is -3.66. The van der Waals surface area contributed by atoms with Crippen molar-refractivity contribution >= 4 is 23.6 Å². The molecule has 2 amide bonds. The van der Waals surface area contributed by atoms with Crippen LogP contribution in [0.25, 0.3) is 6.08 Å². The van der Waals surface area contributed by atoms with E-state index in [-0.39, 0.29) is 17.9 Å². The van der Waals surface area contributed by atoms with Crippen molar-refractivity contribution in [3.63, 3.8) is 0 Å². The number of carbonyl (C=O) groups excluding carboxylic acids is 2. The first kappa shape index (κ1) is 19.1. The highest BCUT2D eigenvalue weighted by molar-refractivity contribution is 6.07. The summed E-state index contributed by atoms with van der Waals surface area (Å²) < 4.78 is 0. The summed E-state index contributed by atoms with van der Waals surface area (Å²) in [5.41, 5.74) is 2.85. The number of benzene rings is 3. The fourth-order valence-corrected chi connectivity index (χ4v) is 2.80. The molecule has 4 nitrogen and oxygen atoms in total. The number of para-hydroxylation sites is 1. The van der Waals surface area contributed by atoms with Crippen molar-refractivity contribution in [2.24, 2.45) is 0 Å². The van der Waals surface area contributed by atoms with E-state index < -0.39 is 0 Å². The largest absolute Gasteiger partial charge is 0.345 e. The second-order valence-corrected chi connectivity index (χ2v) is 6.38. The standard InChI is InChI=1S/C24H22N2O2/c1-18(20-12-6-3-7-13-20)25-24(28)21-14-8-9-15-22(21)26-23(27)17-16-19-10-4-2-5-11-19/h2-18H,1H3,(H,25,28)(H,26,27). The number of anilines is 1. The van der Waals surface area contributed by atoms with Gasteiger partial charge in [0, 0.05) is 6.08 Å². The first-order valence-corrected chi connectivity index (χ1v) is 9.12. The molecule has 0 saturated carbocycles. The molecule has 3 aromatic carbocycles. The highest BCUT2D eigenvalue weighted by atomic mass is 16.2. The predicted molar refractivity (Wildman–Crippen MR) is 113 cm³/mol. The van der Waals surface area contributed by atoms with E-state index in [0.717, 1.165) is 11.1 Å². The van der Waals surface area contributed by atoms with E-state index >= 15 is 0 Å². The molecule has 28 heavy (non-hydrogen) atoms. The molecule has 0 saturated heterocycles. The van der Waals surface area contributed by atoms with Crippen molar-refractivity contribution in [1.29, 1.82) is 0 Å². The maximum absolute atomic E-state index is 12.7. The monoisotopic (exact) mass is 370 g/mol. The smallest absolute Gasteiger partial charge is 0.253 e. The minimum Gasteiger partial charge on any atom is -0.345 e. The lowest BCUT2D eigenvalue weighted by Gasteiger charge is -2.16. The van der Waals surface area contributed by atoms with Crippen molar-refractivity contribution in [1.82, 2.24) is 5.32 Å². The molecular weight excluding hydrogens is 348 g/mol. The third-order valence-electron chi connectivity index (χ3n) is 4.30. The van der Waals surface area contributed by atoms with E-state index in [9.17, 15) is 9.59 Å². The summed E-state index contributed by atoms with van der Waals surface area (Å²) in [4.78, 5) is 25.0. The molecule has 0 aliphatic rings. The van der Waals surface area contributed by atoms with Crippen molar-refractivity contribution in [3.8, 4) is 0 Å². The van der Waals surface area contributed by atoms with Gasteiger partial charge in [-0.3, -0.25) is 9.59 Å². The van der Waals surface area contributed by atoms with Crippen molar-refractivity contribution in [2.75, 3.05) is 5.32 Å². The number of hydrogen-bond acceptors (Lipinski definition) is 2. The molecule has 0 fully saturated rings. The summed E-state index contributed by atoms with van der Waals surface area (Å²) in [7, 11) is 0. The molecule has 4 heteroatoms. The van der Waals surface area contributed by atoms with Crippen LogP contribution in [0.2, 0.25) is 0 Å². The first-order chi connectivity index (χ1) is 13.6. The van der Waals surface area contributed by atoms with Gasteiger partial charge in [-0.05, 0) is 36.3 Å². The van der Waals surface area contributed by atoms with Crippen LogP contribution in [0.15, 0.2) is 91.0 Å². The van der Waals surface area contributed by atoms with Crippen LogP contribution in [-0.2, 0) is 4.79 Å². The Morgan fingerprint density at radius 1 is 0.821 bits per heavy atom. The molecule has 3 aromatic rings. The van der Waals surface area contributed by atoms with E-state index in [4.69, 9.17) is 0 Å². The predicted octanol–water partition coefficient (Wildman–Crippen LogP) is 4.83. The molecule has 0 aliphatic carbocycles. The Labute approximate surface area is 164 Å². The van der Waals surface area contributed by atoms with Crippen LogP contribution in [-0.4, -0.2) is 11.8 Å². The van der Waals surface area contributed by atoms with Crippen molar-refractivity contribution in [3.05, 3.63) is 108 Å². The van der Waals surface area contributed by atoms with Crippen LogP contribution in [0.1, 0.15) is 34.5 Å². The molecule has 0 radical (unpaired) electrons. The van der Waals surface area contributed by atoms with E-state index in [1.165, 1.54) is 6.08 Å². The van der Waals surface area contributed by atoms with Crippen LogP contribution in [0.3, 0.4) is 0 Å². The van der Waals surface area contributed by atoms with Gasteiger partial charge in [0.05, 0.1) is 17.3 Å². The van der Waals surface area contributed by atoms with E-state index in [0.29, 0.717) is 11.3 Å². The quantitative estimate of drug-likeness (QED) is 0.611. The Bertz CT molecular complexity index is 966. The number of rotatable bonds is 6. The zero-order valence-electron chi connectivity index (χ0n) is 15.6. The van der Waals surface area contributed by atoms with Gasteiger partial charge in [0.15, 0.2) is 0 Å². The van der Waals surface area contributed by atoms with Gasteiger partial charge in [-0.25, -0.2) is 0 Å². The second kappa shape index (κ2) is 9.33. The molecule has 1 unspecified atom stereocenters. The lowest BCUT2D eigenvalue weighted by molar-refractivity contribution is -0.111. The zero-order valence-corrected chi connectivity index (χ0v) is 15.6.